The number of halogens is 1. The maximum absolute atomic E-state index is 13.4. The van der Waals surface area contributed by atoms with Crippen molar-refractivity contribution in [1.29, 1.82) is 0 Å². The lowest BCUT2D eigenvalue weighted by atomic mass is 10.0. The summed E-state index contributed by atoms with van der Waals surface area (Å²) in [5.74, 6) is -0.489. The van der Waals surface area contributed by atoms with Gasteiger partial charge in [-0.3, -0.25) is 4.79 Å². The van der Waals surface area contributed by atoms with Gasteiger partial charge in [0.2, 0.25) is 0 Å². The summed E-state index contributed by atoms with van der Waals surface area (Å²) in [5, 5.41) is 0. The Hall–Kier alpha value is -2.16. The number of ketones is 1. The molecule has 0 aliphatic carbocycles. The van der Waals surface area contributed by atoms with Crippen LogP contribution in [0.4, 0.5) is 4.39 Å². The van der Waals surface area contributed by atoms with Crippen LogP contribution in [-0.2, 0) is 0 Å². The number of carbonyl (C=O) groups excluding carboxylic acids is 1. The van der Waals surface area contributed by atoms with E-state index in [1.54, 1.807) is 31.2 Å². The van der Waals surface area contributed by atoms with Crippen LogP contribution in [0, 0.1) is 5.82 Å². The normalized spacial score (nSPS) is 10.1. The van der Waals surface area contributed by atoms with E-state index in [4.69, 9.17) is 4.74 Å². The van der Waals surface area contributed by atoms with E-state index in [0.29, 0.717) is 17.7 Å². The fourth-order valence-electron chi connectivity index (χ4n) is 1.67. The van der Waals surface area contributed by atoms with Gasteiger partial charge in [-0.15, -0.1) is 0 Å². The summed E-state index contributed by atoms with van der Waals surface area (Å²) in [6.07, 6.45) is 0. The Morgan fingerprint density at radius 2 is 1.83 bits per heavy atom. The van der Waals surface area contributed by atoms with Gasteiger partial charge in [-0.25, -0.2) is 4.39 Å². The SMILES string of the molecule is CCOc1cc(C(=O)c2ccccc2)ccc1F. The molecule has 0 spiro atoms. The Bertz CT molecular complexity index is 550. The number of ether oxygens (including phenoxy) is 1. The molecule has 0 amide bonds. The van der Waals surface area contributed by atoms with Gasteiger partial charge in [-0.2, -0.15) is 0 Å². The van der Waals surface area contributed by atoms with Crippen LogP contribution in [0.1, 0.15) is 22.8 Å². The van der Waals surface area contributed by atoms with E-state index in [2.05, 4.69) is 0 Å². The summed E-state index contributed by atoms with van der Waals surface area (Å²) in [5.41, 5.74) is 0.998. The van der Waals surface area contributed by atoms with Crippen molar-refractivity contribution in [2.45, 2.75) is 6.92 Å². The minimum atomic E-state index is -0.457. The molecule has 2 nitrogen and oxygen atoms in total. The van der Waals surface area contributed by atoms with Gasteiger partial charge in [0.25, 0.3) is 0 Å². The van der Waals surface area contributed by atoms with Crippen molar-refractivity contribution in [2.24, 2.45) is 0 Å². The van der Waals surface area contributed by atoms with E-state index in [1.807, 2.05) is 6.07 Å². The Labute approximate surface area is 105 Å². The molecule has 92 valence electrons. The van der Waals surface area contributed by atoms with Crippen LogP contribution < -0.4 is 4.74 Å². The molecular formula is C15H13FO2. The zero-order valence-corrected chi connectivity index (χ0v) is 10.0. The van der Waals surface area contributed by atoms with E-state index in [-0.39, 0.29) is 11.5 Å². The van der Waals surface area contributed by atoms with Gasteiger partial charge in [0.05, 0.1) is 6.61 Å². The summed E-state index contributed by atoms with van der Waals surface area (Å²) in [7, 11) is 0. The number of hydrogen-bond acceptors (Lipinski definition) is 2. The lowest BCUT2D eigenvalue weighted by Crippen LogP contribution is -2.03. The molecule has 0 aromatic heterocycles. The molecule has 0 N–H and O–H groups in total. The monoisotopic (exact) mass is 244 g/mol. The number of benzene rings is 2. The molecule has 2 rings (SSSR count). The van der Waals surface area contributed by atoms with Gasteiger partial charge in [0.15, 0.2) is 17.3 Å². The third-order valence-electron chi connectivity index (χ3n) is 2.53. The van der Waals surface area contributed by atoms with E-state index in [9.17, 15) is 9.18 Å². The van der Waals surface area contributed by atoms with Crippen LogP contribution in [0.2, 0.25) is 0 Å². The lowest BCUT2D eigenvalue weighted by Gasteiger charge is -2.07. The van der Waals surface area contributed by atoms with Crippen molar-refractivity contribution in [3.05, 3.63) is 65.5 Å². The molecule has 18 heavy (non-hydrogen) atoms. The summed E-state index contributed by atoms with van der Waals surface area (Å²) in [6, 6.07) is 13.0. The first-order valence-electron chi connectivity index (χ1n) is 5.74. The predicted octanol–water partition coefficient (Wildman–Crippen LogP) is 3.46. The Morgan fingerprint density at radius 3 is 2.50 bits per heavy atom. The molecule has 0 saturated heterocycles. The smallest absolute Gasteiger partial charge is 0.193 e. The van der Waals surface area contributed by atoms with Crippen molar-refractivity contribution < 1.29 is 13.9 Å². The molecule has 0 aliphatic heterocycles. The molecule has 3 heteroatoms. The van der Waals surface area contributed by atoms with Crippen molar-refractivity contribution in [3.8, 4) is 5.75 Å². The van der Waals surface area contributed by atoms with Crippen molar-refractivity contribution in [1.82, 2.24) is 0 Å². The maximum Gasteiger partial charge on any atom is 0.193 e. The summed E-state index contributed by atoms with van der Waals surface area (Å²) in [6.45, 7) is 2.13. The van der Waals surface area contributed by atoms with Crippen molar-refractivity contribution in [2.75, 3.05) is 6.61 Å². The minimum Gasteiger partial charge on any atom is -0.491 e. The van der Waals surface area contributed by atoms with Crippen molar-refractivity contribution >= 4 is 5.78 Å². The number of rotatable bonds is 4. The zero-order chi connectivity index (χ0) is 13.0. The standard InChI is InChI=1S/C15H13FO2/c1-2-18-14-10-12(8-9-13(14)16)15(17)11-6-4-3-5-7-11/h3-10H,2H2,1H3. The van der Waals surface area contributed by atoms with Gasteiger partial charge in [0.1, 0.15) is 0 Å². The van der Waals surface area contributed by atoms with Gasteiger partial charge < -0.3 is 4.74 Å². The van der Waals surface area contributed by atoms with Crippen LogP contribution in [0.25, 0.3) is 0 Å². The van der Waals surface area contributed by atoms with Gasteiger partial charge in [0, 0.05) is 11.1 Å². The average Bonchev–Trinajstić information content (AvgIpc) is 2.42. The van der Waals surface area contributed by atoms with Crippen LogP contribution in [0.5, 0.6) is 5.75 Å². The van der Waals surface area contributed by atoms with Crippen LogP contribution >= 0.6 is 0 Å². The highest BCUT2D eigenvalue weighted by Gasteiger charge is 2.12. The molecule has 0 fully saturated rings. The third-order valence-corrected chi connectivity index (χ3v) is 2.53. The Kier molecular flexibility index (Phi) is 3.72. The predicted molar refractivity (Wildman–Crippen MR) is 67.4 cm³/mol. The molecule has 0 saturated carbocycles. The molecule has 2 aromatic rings. The van der Waals surface area contributed by atoms with Crippen LogP contribution in [-0.4, -0.2) is 12.4 Å². The first kappa shape index (κ1) is 12.3. The second-order valence-corrected chi connectivity index (χ2v) is 3.77. The number of hydrogen-bond donors (Lipinski definition) is 0. The highest BCUT2D eigenvalue weighted by Crippen LogP contribution is 2.20. The Balaban J connectivity index is 2.34. The second kappa shape index (κ2) is 5.45. The van der Waals surface area contributed by atoms with E-state index < -0.39 is 5.82 Å². The molecule has 0 heterocycles. The fourth-order valence-corrected chi connectivity index (χ4v) is 1.67. The summed E-state index contributed by atoms with van der Waals surface area (Å²) >= 11 is 0. The quantitative estimate of drug-likeness (QED) is 0.770. The lowest BCUT2D eigenvalue weighted by molar-refractivity contribution is 0.103. The van der Waals surface area contributed by atoms with Crippen molar-refractivity contribution in [3.63, 3.8) is 0 Å². The zero-order valence-electron chi connectivity index (χ0n) is 10.0. The average molecular weight is 244 g/mol. The topological polar surface area (TPSA) is 26.3 Å². The summed E-state index contributed by atoms with van der Waals surface area (Å²) in [4.78, 5) is 12.1. The minimum absolute atomic E-state index is 0.110. The summed E-state index contributed by atoms with van der Waals surface area (Å²) < 4.78 is 18.5. The highest BCUT2D eigenvalue weighted by molar-refractivity contribution is 6.09. The molecule has 0 unspecified atom stereocenters. The van der Waals surface area contributed by atoms with Crippen LogP contribution in [0.15, 0.2) is 48.5 Å². The molecule has 0 bridgehead atoms. The molecular weight excluding hydrogens is 231 g/mol. The second-order valence-electron chi connectivity index (χ2n) is 3.77. The molecule has 0 aliphatic rings. The first-order valence-corrected chi connectivity index (χ1v) is 5.74. The maximum atomic E-state index is 13.4. The Morgan fingerprint density at radius 1 is 1.11 bits per heavy atom. The fraction of sp³-hybridized carbons (Fsp3) is 0.133. The number of carbonyl (C=O) groups is 1. The first-order chi connectivity index (χ1) is 8.72. The van der Waals surface area contributed by atoms with Gasteiger partial charge in [-0.1, -0.05) is 30.3 Å². The van der Waals surface area contributed by atoms with Gasteiger partial charge in [-0.05, 0) is 25.1 Å². The molecule has 0 atom stereocenters. The van der Waals surface area contributed by atoms with Gasteiger partial charge >= 0.3 is 0 Å². The highest BCUT2D eigenvalue weighted by atomic mass is 19.1. The molecule has 0 radical (unpaired) electrons. The molecule has 2 aromatic carbocycles. The van der Waals surface area contributed by atoms with Crippen LogP contribution in [0.3, 0.4) is 0 Å². The van der Waals surface area contributed by atoms with E-state index >= 15 is 0 Å². The van der Waals surface area contributed by atoms with E-state index in [0.717, 1.165) is 0 Å². The third kappa shape index (κ3) is 2.56. The van der Waals surface area contributed by atoms with E-state index in [1.165, 1.54) is 18.2 Å². The largest absolute Gasteiger partial charge is 0.491 e.